The van der Waals surface area contributed by atoms with Crippen molar-refractivity contribution in [2.45, 2.75) is 6.42 Å². The number of methoxy groups -OCH3 is 1. The Morgan fingerprint density at radius 1 is 1.40 bits per heavy atom. The van der Waals surface area contributed by atoms with Crippen LogP contribution in [0.15, 0.2) is 65.6 Å². The maximum absolute atomic E-state index is 5.85. The Kier molecular flexibility index (Phi) is 6.60. The largest absolute Gasteiger partial charge is 0.497 e. The van der Waals surface area contributed by atoms with Gasteiger partial charge in [0, 0.05) is 24.9 Å². The average Bonchev–Trinajstić information content (AvgIpc) is 2.47. The summed E-state index contributed by atoms with van der Waals surface area (Å²) in [6.45, 7) is 7.28. The van der Waals surface area contributed by atoms with Crippen LogP contribution in [0.25, 0.3) is 0 Å². The van der Waals surface area contributed by atoms with Crippen molar-refractivity contribution in [3.63, 3.8) is 0 Å². The quantitative estimate of drug-likeness (QED) is 0.328. The third kappa shape index (κ3) is 5.33. The molecule has 0 atom stereocenters. The van der Waals surface area contributed by atoms with Gasteiger partial charge >= 0.3 is 0 Å². The molecule has 0 radical (unpaired) electrons. The van der Waals surface area contributed by atoms with Gasteiger partial charge in [0.1, 0.15) is 5.76 Å². The third-order valence-corrected chi connectivity index (χ3v) is 2.96. The van der Waals surface area contributed by atoms with E-state index in [4.69, 9.17) is 16.3 Å². The van der Waals surface area contributed by atoms with E-state index in [1.54, 1.807) is 18.2 Å². The van der Waals surface area contributed by atoms with Crippen LogP contribution in [0.3, 0.4) is 0 Å². The summed E-state index contributed by atoms with van der Waals surface area (Å²) in [5.74, 6) is 0.562. The Balaban J connectivity index is 2.76. The van der Waals surface area contributed by atoms with Crippen LogP contribution in [0.5, 0.6) is 0 Å². The number of halogens is 1. The summed E-state index contributed by atoms with van der Waals surface area (Å²) in [5.41, 5.74) is 2.03. The molecule has 0 spiro atoms. The van der Waals surface area contributed by atoms with E-state index < -0.39 is 0 Å². The fourth-order valence-electron chi connectivity index (χ4n) is 1.49. The van der Waals surface area contributed by atoms with Gasteiger partial charge in [0.25, 0.3) is 0 Å². The molecule has 1 rings (SSSR count). The molecule has 4 heteroatoms. The second kappa shape index (κ2) is 8.23. The molecule has 0 aliphatic rings. The number of ether oxygens (including phenoxy) is 1. The zero-order chi connectivity index (χ0) is 15.0. The predicted octanol–water partition coefficient (Wildman–Crippen LogP) is 4.03. The molecule has 1 aromatic rings. The highest BCUT2D eigenvalue weighted by Gasteiger charge is 1.99. The fourth-order valence-corrected chi connectivity index (χ4v) is 1.62. The van der Waals surface area contributed by atoms with E-state index in [-0.39, 0.29) is 0 Å². The van der Waals surface area contributed by atoms with Gasteiger partial charge in [0.15, 0.2) is 0 Å². The van der Waals surface area contributed by atoms with E-state index >= 15 is 0 Å². The van der Waals surface area contributed by atoms with Crippen molar-refractivity contribution in [2.75, 3.05) is 14.2 Å². The summed E-state index contributed by atoms with van der Waals surface area (Å²) in [6.07, 6.45) is 6.60. The average molecular weight is 291 g/mol. The highest BCUT2D eigenvalue weighted by atomic mass is 35.5. The van der Waals surface area contributed by atoms with E-state index in [0.717, 1.165) is 17.1 Å². The number of nitrogens with zero attached hydrogens (tertiary/aromatic N) is 2. The first-order valence-electron chi connectivity index (χ1n) is 6.12. The highest BCUT2D eigenvalue weighted by Crippen LogP contribution is 2.12. The van der Waals surface area contributed by atoms with Crippen molar-refractivity contribution in [1.29, 1.82) is 0 Å². The van der Waals surface area contributed by atoms with Crippen LogP contribution in [-0.4, -0.2) is 25.9 Å². The zero-order valence-corrected chi connectivity index (χ0v) is 12.6. The van der Waals surface area contributed by atoms with E-state index in [1.807, 2.05) is 43.5 Å². The monoisotopic (exact) mass is 290 g/mol. The van der Waals surface area contributed by atoms with Gasteiger partial charge in [-0.05, 0) is 30.2 Å². The summed E-state index contributed by atoms with van der Waals surface area (Å²) in [5, 5.41) is 6.26. The van der Waals surface area contributed by atoms with Gasteiger partial charge in [0.2, 0.25) is 0 Å². The van der Waals surface area contributed by atoms with Gasteiger partial charge < -0.3 is 4.74 Å². The molecule has 106 valence electrons. The van der Waals surface area contributed by atoms with Gasteiger partial charge in [-0.1, -0.05) is 36.4 Å². The van der Waals surface area contributed by atoms with E-state index in [9.17, 15) is 0 Å². The Morgan fingerprint density at radius 2 is 2.05 bits per heavy atom. The van der Waals surface area contributed by atoms with Gasteiger partial charge in [0.05, 0.1) is 12.8 Å². The number of likely N-dealkylation sites (N-methyl/N-ethyl adjacent to an activating group) is 1. The molecule has 0 fully saturated rings. The summed E-state index contributed by atoms with van der Waals surface area (Å²) >= 11 is 5.85. The summed E-state index contributed by atoms with van der Waals surface area (Å²) < 4.78 is 5.04. The minimum Gasteiger partial charge on any atom is -0.497 e. The number of rotatable bonds is 7. The van der Waals surface area contributed by atoms with Crippen molar-refractivity contribution >= 4 is 18.3 Å². The first-order chi connectivity index (χ1) is 9.56. The molecule has 1 aromatic carbocycles. The molecular weight excluding hydrogens is 272 g/mol. The minimum atomic E-state index is 0.562. The zero-order valence-electron chi connectivity index (χ0n) is 11.8. The lowest BCUT2D eigenvalue weighted by Crippen LogP contribution is -2.08. The smallest absolute Gasteiger partial charge is 0.113 e. The molecule has 0 saturated carbocycles. The Morgan fingerprint density at radius 3 is 2.60 bits per heavy atom. The molecule has 0 bridgehead atoms. The lowest BCUT2D eigenvalue weighted by Gasteiger charge is -2.13. The normalized spacial score (nSPS) is 11.4. The van der Waals surface area contributed by atoms with Crippen LogP contribution in [-0.2, 0) is 11.2 Å². The molecule has 0 heterocycles. The first-order valence-corrected chi connectivity index (χ1v) is 6.50. The maximum atomic E-state index is 5.85. The predicted molar refractivity (Wildman–Crippen MR) is 85.8 cm³/mol. The highest BCUT2D eigenvalue weighted by molar-refractivity contribution is 6.30. The van der Waals surface area contributed by atoms with Gasteiger partial charge in [-0.2, -0.15) is 5.10 Å². The van der Waals surface area contributed by atoms with E-state index in [0.29, 0.717) is 5.76 Å². The van der Waals surface area contributed by atoms with Crippen LogP contribution < -0.4 is 0 Å². The van der Waals surface area contributed by atoms with Crippen LogP contribution in [0, 0.1) is 0 Å². The van der Waals surface area contributed by atoms with E-state index in [2.05, 4.69) is 18.4 Å². The lowest BCUT2D eigenvalue weighted by atomic mass is 10.1. The lowest BCUT2D eigenvalue weighted by molar-refractivity contribution is 0.306. The van der Waals surface area contributed by atoms with Crippen LogP contribution in [0.4, 0.5) is 0 Å². The molecule has 0 aliphatic heterocycles. The summed E-state index contributed by atoms with van der Waals surface area (Å²) in [7, 11) is 3.39. The molecule has 0 saturated heterocycles. The number of hydrogen-bond acceptors (Lipinski definition) is 3. The Hall–Kier alpha value is -2.00. The van der Waals surface area contributed by atoms with E-state index in [1.165, 1.54) is 5.56 Å². The van der Waals surface area contributed by atoms with Crippen LogP contribution in [0.2, 0.25) is 5.02 Å². The van der Waals surface area contributed by atoms with Gasteiger partial charge in [-0.15, -0.1) is 0 Å². The molecule has 0 aromatic heterocycles. The molecule has 0 aliphatic carbocycles. The van der Waals surface area contributed by atoms with Crippen LogP contribution in [0.1, 0.15) is 5.56 Å². The minimum absolute atomic E-state index is 0.562. The number of hydrogen-bond donors (Lipinski definition) is 0. The Bertz CT molecular complexity index is 518. The molecule has 3 nitrogen and oxygen atoms in total. The first kappa shape index (κ1) is 16.1. The van der Waals surface area contributed by atoms with Gasteiger partial charge in [-0.3, -0.25) is 5.01 Å². The Labute approximate surface area is 125 Å². The fraction of sp³-hybridized carbons (Fsp3) is 0.188. The third-order valence-electron chi connectivity index (χ3n) is 2.71. The van der Waals surface area contributed by atoms with Crippen molar-refractivity contribution in [3.8, 4) is 0 Å². The van der Waals surface area contributed by atoms with Crippen molar-refractivity contribution in [2.24, 2.45) is 5.10 Å². The maximum Gasteiger partial charge on any atom is 0.113 e. The second-order valence-corrected chi connectivity index (χ2v) is 4.57. The van der Waals surface area contributed by atoms with Crippen molar-refractivity contribution < 1.29 is 4.74 Å². The molecule has 0 unspecified atom stereocenters. The van der Waals surface area contributed by atoms with Crippen molar-refractivity contribution in [3.05, 3.63) is 71.1 Å². The van der Waals surface area contributed by atoms with Crippen molar-refractivity contribution in [1.82, 2.24) is 5.01 Å². The second-order valence-electron chi connectivity index (χ2n) is 4.14. The SMILES string of the molecule is C=NN(C)C(/C=C\Cc1ccc(Cl)cc1)=C/C(=C)OC. The molecule has 20 heavy (non-hydrogen) atoms. The standard InChI is InChI=1S/C16H19ClN2O/c1-13(20-4)12-16(19(3)18-2)7-5-6-14-8-10-15(17)11-9-14/h5,7-12H,1-2,6H2,3-4H3/b7-5-,16-12+. The number of benzene rings is 1. The van der Waals surface area contributed by atoms with Crippen LogP contribution >= 0.6 is 11.6 Å². The molecule has 0 amide bonds. The summed E-state index contributed by atoms with van der Waals surface area (Å²) in [4.78, 5) is 0. The molecular formula is C16H19ClN2O. The summed E-state index contributed by atoms with van der Waals surface area (Å²) in [6, 6.07) is 7.76. The molecule has 0 N–H and O–H groups in total. The topological polar surface area (TPSA) is 24.8 Å². The van der Waals surface area contributed by atoms with Gasteiger partial charge in [-0.25, -0.2) is 0 Å². The number of allylic oxidation sites excluding steroid dienone is 3. The number of hydrazone groups is 1.